The van der Waals surface area contributed by atoms with E-state index in [1.165, 1.54) is 0 Å². The van der Waals surface area contributed by atoms with Crippen molar-refractivity contribution in [2.45, 2.75) is 6.54 Å². The fourth-order valence-corrected chi connectivity index (χ4v) is 2.60. The number of nitrogens with one attached hydrogen (secondary N) is 1. The molecule has 0 bridgehead atoms. The number of thiophene rings is 1. The van der Waals surface area contributed by atoms with Crippen LogP contribution in [0.4, 0.5) is 10.9 Å². The topological polar surface area (TPSA) is 55.9 Å². The number of para-hydroxylation sites is 2. The summed E-state index contributed by atoms with van der Waals surface area (Å²) in [6.07, 6.45) is 0. The zero-order valence-electron chi connectivity index (χ0n) is 9.84. The average molecular weight is 258 g/mol. The average Bonchev–Trinajstić information content (AvgIpc) is 3.00. The number of hydrogen-bond donors (Lipinski definition) is 2. The van der Waals surface area contributed by atoms with Crippen molar-refractivity contribution in [2.75, 3.05) is 11.9 Å². The number of rotatable bonds is 4. The van der Waals surface area contributed by atoms with Crippen LogP contribution in [0.2, 0.25) is 0 Å². The van der Waals surface area contributed by atoms with E-state index in [9.17, 15) is 0 Å². The fraction of sp³-hybridized carbons (Fsp3) is 0.154. The summed E-state index contributed by atoms with van der Waals surface area (Å²) < 4.78 is 2.12. The van der Waals surface area contributed by atoms with E-state index >= 15 is 0 Å². The van der Waals surface area contributed by atoms with Gasteiger partial charge in [0.2, 0.25) is 5.95 Å². The van der Waals surface area contributed by atoms with E-state index in [0.717, 1.165) is 28.5 Å². The third-order valence-corrected chi connectivity index (χ3v) is 3.55. The van der Waals surface area contributed by atoms with Gasteiger partial charge < -0.3 is 15.6 Å². The number of hydrogen-bond acceptors (Lipinski definition) is 4. The van der Waals surface area contributed by atoms with Gasteiger partial charge in [0.25, 0.3) is 0 Å². The van der Waals surface area contributed by atoms with E-state index in [2.05, 4.69) is 20.9 Å². The Hall–Kier alpha value is -1.85. The van der Waals surface area contributed by atoms with E-state index < -0.39 is 0 Å². The number of nitrogens with two attached hydrogens (primary N) is 1. The number of fused-ring (bicyclic) bond motifs is 1. The van der Waals surface area contributed by atoms with Gasteiger partial charge >= 0.3 is 0 Å². The zero-order chi connectivity index (χ0) is 12.4. The molecular weight excluding hydrogens is 244 g/mol. The predicted molar refractivity (Wildman–Crippen MR) is 76.4 cm³/mol. The minimum Gasteiger partial charge on any atom is -0.329 e. The van der Waals surface area contributed by atoms with E-state index in [-0.39, 0.29) is 0 Å². The Balaban J connectivity index is 2.06. The van der Waals surface area contributed by atoms with E-state index in [1.807, 2.05) is 35.7 Å². The molecule has 0 spiro atoms. The molecule has 3 N–H and O–H groups in total. The summed E-state index contributed by atoms with van der Waals surface area (Å²) in [7, 11) is 0. The van der Waals surface area contributed by atoms with Crippen LogP contribution in [0, 0.1) is 0 Å². The summed E-state index contributed by atoms with van der Waals surface area (Å²) in [6.45, 7) is 1.35. The van der Waals surface area contributed by atoms with Crippen LogP contribution in [0.1, 0.15) is 0 Å². The van der Waals surface area contributed by atoms with Crippen molar-refractivity contribution in [1.29, 1.82) is 0 Å². The van der Waals surface area contributed by atoms with E-state index in [4.69, 9.17) is 5.73 Å². The van der Waals surface area contributed by atoms with Crippen molar-refractivity contribution in [3.05, 3.63) is 41.8 Å². The molecule has 1 aromatic carbocycles. The molecule has 0 aliphatic heterocycles. The maximum atomic E-state index is 5.68. The van der Waals surface area contributed by atoms with Gasteiger partial charge in [0.15, 0.2) is 0 Å². The molecule has 0 fully saturated rings. The molecular formula is C13H14N4S. The first-order chi connectivity index (χ1) is 8.88. The molecule has 0 aliphatic carbocycles. The number of nitrogens with zero attached hydrogens (tertiary/aromatic N) is 2. The molecule has 0 aliphatic rings. The molecule has 2 heterocycles. The molecule has 0 atom stereocenters. The molecule has 0 radical (unpaired) electrons. The maximum absolute atomic E-state index is 5.68. The first-order valence-corrected chi connectivity index (χ1v) is 6.72. The maximum Gasteiger partial charge on any atom is 0.209 e. The molecule has 3 rings (SSSR count). The lowest BCUT2D eigenvalue weighted by Gasteiger charge is -2.07. The molecule has 0 saturated carbocycles. The summed E-state index contributed by atoms with van der Waals surface area (Å²) >= 11 is 1.66. The van der Waals surface area contributed by atoms with Crippen molar-refractivity contribution in [2.24, 2.45) is 5.73 Å². The number of aromatic nitrogens is 2. The van der Waals surface area contributed by atoms with E-state index in [0.29, 0.717) is 6.54 Å². The highest BCUT2D eigenvalue weighted by Gasteiger charge is 2.09. The van der Waals surface area contributed by atoms with Gasteiger partial charge in [0, 0.05) is 13.1 Å². The van der Waals surface area contributed by atoms with Crippen LogP contribution >= 0.6 is 11.3 Å². The monoisotopic (exact) mass is 258 g/mol. The standard InChI is InChI=1S/C13H14N4S/c14-7-8-17-11-5-2-1-4-10(11)15-13(17)16-12-6-3-9-18-12/h1-6,9H,7-8,14H2,(H,15,16). The summed E-state index contributed by atoms with van der Waals surface area (Å²) in [5, 5.41) is 6.47. The van der Waals surface area contributed by atoms with Crippen LogP contribution in [-0.4, -0.2) is 16.1 Å². The van der Waals surface area contributed by atoms with Gasteiger partial charge in [0.05, 0.1) is 16.0 Å². The summed E-state index contributed by atoms with van der Waals surface area (Å²) in [6, 6.07) is 12.2. The van der Waals surface area contributed by atoms with E-state index in [1.54, 1.807) is 11.3 Å². The SMILES string of the molecule is NCCn1c(Nc2cccs2)nc2ccccc21. The lowest BCUT2D eigenvalue weighted by atomic mass is 10.3. The van der Waals surface area contributed by atoms with Crippen LogP contribution in [-0.2, 0) is 6.54 Å². The van der Waals surface area contributed by atoms with Gasteiger partial charge in [0.1, 0.15) is 0 Å². The van der Waals surface area contributed by atoms with Gasteiger partial charge in [-0.25, -0.2) is 4.98 Å². The third kappa shape index (κ3) is 1.98. The van der Waals surface area contributed by atoms with Crippen molar-refractivity contribution in [3.8, 4) is 0 Å². The Morgan fingerprint density at radius 3 is 2.89 bits per heavy atom. The molecule has 0 saturated heterocycles. The summed E-state index contributed by atoms with van der Waals surface area (Å²) in [5.41, 5.74) is 7.78. The Kier molecular flexibility index (Phi) is 3.00. The fourth-order valence-electron chi connectivity index (χ4n) is 1.99. The first kappa shape index (κ1) is 11.3. The molecule has 5 heteroatoms. The lowest BCUT2D eigenvalue weighted by molar-refractivity contribution is 0.737. The second-order valence-electron chi connectivity index (χ2n) is 3.97. The third-order valence-electron chi connectivity index (χ3n) is 2.76. The van der Waals surface area contributed by atoms with Crippen LogP contribution in [0.3, 0.4) is 0 Å². The lowest BCUT2D eigenvalue weighted by Crippen LogP contribution is -2.11. The number of benzene rings is 1. The molecule has 2 aromatic heterocycles. The van der Waals surface area contributed by atoms with Crippen LogP contribution < -0.4 is 11.1 Å². The molecule has 3 aromatic rings. The highest BCUT2D eigenvalue weighted by atomic mass is 32.1. The molecule has 92 valence electrons. The van der Waals surface area contributed by atoms with Gasteiger partial charge in [-0.1, -0.05) is 12.1 Å². The smallest absolute Gasteiger partial charge is 0.209 e. The van der Waals surface area contributed by atoms with Crippen molar-refractivity contribution < 1.29 is 0 Å². The first-order valence-electron chi connectivity index (χ1n) is 5.84. The zero-order valence-corrected chi connectivity index (χ0v) is 10.7. The Morgan fingerprint density at radius 1 is 1.22 bits per heavy atom. The molecule has 18 heavy (non-hydrogen) atoms. The largest absolute Gasteiger partial charge is 0.329 e. The Bertz CT molecular complexity index is 642. The van der Waals surface area contributed by atoms with Gasteiger partial charge in [-0.2, -0.15) is 0 Å². The number of anilines is 2. The summed E-state index contributed by atoms with van der Waals surface area (Å²) in [4.78, 5) is 4.61. The second-order valence-corrected chi connectivity index (χ2v) is 4.91. The predicted octanol–water partition coefficient (Wildman–Crippen LogP) is 2.80. The quantitative estimate of drug-likeness (QED) is 0.756. The minimum atomic E-state index is 0.597. The Morgan fingerprint density at radius 2 is 2.11 bits per heavy atom. The minimum absolute atomic E-state index is 0.597. The van der Waals surface area contributed by atoms with Crippen LogP contribution in [0.25, 0.3) is 11.0 Å². The van der Waals surface area contributed by atoms with Gasteiger partial charge in [-0.05, 0) is 29.6 Å². The van der Waals surface area contributed by atoms with Crippen LogP contribution in [0.5, 0.6) is 0 Å². The Labute approximate surface area is 109 Å². The summed E-state index contributed by atoms with van der Waals surface area (Å²) in [5.74, 6) is 0.851. The normalized spacial score (nSPS) is 10.9. The molecule has 0 unspecified atom stereocenters. The van der Waals surface area contributed by atoms with Crippen molar-refractivity contribution in [3.63, 3.8) is 0 Å². The van der Waals surface area contributed by atoms with Gasteiger partial charge in [-0.15, -0.1) is 11.3 Å². The van der Waals surface area contributed by atoms with Crippen molar-refractivity contribution in [1.82, 2.24) is 9.55 Å². The molecule has 0 amide bonds. The number of imidazole rings is 1. The highest BCUT2D eigenvalue weighted by Crippen LogP contribution is 2.24. The van der Waals surface area contributed by atoms with Crippen LogP contribution in [0.15, 0.2) is 41.8 Å². The van der Waals surface area contributed by atoms with Gasteiger partial charge in [-0.3, -0.25) is 0 Å². The highest BCUT2D eigenvalue weighted by molar-refractivity contribution is 7.14. The molecule has 4 nitrogen and oxygen atoms in total. The van der Waals surface area contributed by atoms with Crippen molar-refractivity contribution >= 4 is 33.3 Å². The second kappa shape index (κ2) is 4.80.